The number of ketones is 2. The van der Waals surface area contributed by atoms with Gasteiger partial charge in [-0.05, 0) is 91.1 Å². The third-order valence-electron chi connectivity index (χ3n) is 13.5. The van der Waals surface area contributed by atoms with Crippen LogP contribution in [0.3, 0.4) is 0 Å². The van der Waals surface area contributed by atoms with Crippen molar-refractivity contribution >= 4 is 47.0 Å². The van der Waals surface area contributed by atoms with Crippen molar-refractivity contribution in [3.05, 3.63) is 213 Å². The molecule has 2 aliphatic heterocycles. The molecule has 0 amide bonds. The average Bonchev–Trinajstić information content (AvgIpc) is 4.26. The number of halogens is 11. The zero-order chi connectivity index (χ0) is 56.3. The predicted octanol–water partition coefficient (Wildman–Crippen LogP) is 14.1. The summed E-state index contributed by atoms with van der Waals surface area (Å²) in [5.74, 6) is -5.07. The molecule has 1 atom stereocenters. The van der Waals surface area contributed by atoms with Crippen LogP contribution in [0.4, 0.5) is 49.6 Å². The maximum absolute atomic E-state index is 15.7. The van der Waals surface area contributed by atoms with Crippen LogP contribution in [0.15, 0.2) is 133 Å². The first-order chi connectivity index (χ1) is 38.4. The van der Waals surface area contributed by atoms with Crippen molar-refractivity contribution in [3.63, 3.8) is 0 Å². The van der Waals surface area contributed by atoms with Gasteiger partial charge >= 0.3 is 12.4 Å². The predicted molar refractivity (Wildman–Crippen MR) is 286 cm³/mol. The fourth-order valence-electron chi connectivity index (χ4n) is 9.42. The van der Waals surface area contributed by atoms with Gasteiger partial charge < -0.3 is 4.74 Å². The Balaban J connectivity index is 0.000000212. The van der Waals surface area contributed by atoms with Crippen molar-refractivity contribution < 1.29 is 58.2 Å². The van der Waals surface area contributed by atoms with Gasteiger partial charge in [-0.1, -0.05) is 43.8 Å². The van der Waals surface area contributed by atoms with Crippen molar-refractivity contribution in [3.8, 4) is 22.5 Å². The molecule has 1 unspecified atom stereocenters. The summed E-state index contributed by atoms with van der Waals surface area (Å²) >= 11 is 0. The standard InChI is InChI=1S/C31H24F5N5O2.C27H17F5N4O.CH4.ClH/c32-23-10-9-19(14-25(42)18-5-3-6-20(13-18)31(34,35)36)27(33)22(23)15-24-21(7-4-11-37-24)28-29-30(39-16-38-28)41(17-40-29)26-8-1-2-12-43-26;28-20-7-6-16(12-23(37)15-3-1-4-17(11-15)27(30,31)32)24(29)19(20)13-22-18(5-2-9-33-22)25-26-21(8-10-34-26)35-14-36-25;;/h3-7,9-11,13,16-17,26H,1-2,8,12,14-15H2;1-7,9-11,14H,8,12-13H2;1H4;1H. The number of aromatic nitrogens is 8. The smallest absolute Gasteiger partial charge is 0.358 e. The van der Waals surface area contributed by atoms with E-state index >= 15 is 13.2 Å². The summed E-state index contributed by atoms with van der Waals surface area (Å²) in [5.41, 5.74) is 1.57. The van der Waals surface area contributed by atoms with E-state index in [1.54, 1.807) is 36.8 Å². The topological polar surface area (TPSA) is 151 Å². The van der Waals surface area contributed by atoms with E-state index in [9.17, 15) is 40.3 Å². The number of imidazole rings is 1. The van der Waals surface area contributed by atoms with Crippen LogP contribution in [0, 0.1) is 23.3 Å². The second-order valence-electron chi connectivity index (χ2n) is 18.6. The number of hydrogen-bond acceptors (Lipinski definition) is 11. The van der Waals surface area contributed by atoms with Crippen LogP contribution in [0.2, 0.25) is 0 Å². The minimum atomic E-state index is -4.64. The Kier molecular flexibility index (Phi) is 18.2. The van der Waals surface area contributed by atoms with Crippen LogP contribution in [0.1, 0.15) is 104 Å². The molecule has 0 bridgehead atoms. The molecule has 11 rings (SSSR count). The molecular formula is C59H46ClF10N9O3. The second kappa shape index (κ2) is 25.0. The Morgan fingerprint density at radius 1 is 0.610 bits per heavy atom. The van der Waals surface area contributed by atoms with Gasteiger partial charge in [0.05, 0.1) is 34.5 Å². The first-order valence-electron chi connectivity index (χ1n) is 24.8. The molecule has 82 heavy (non-hydrogen) atoms. The Morgan fingerprint density at radius 2 is 1.15 bits per heavy atom. The van der Waals surface area contributed by atoms with Crippen molar-refractivity contribution in [2.75, 3.05) is 6.61 Å². The average molecular weight is 1150 g/mol. The molecule has 23 heteroatoms. The summed E-state index contributed by atoms with van der Waals surface area (Å²) in [4.78, 5) is 60.3. The van der Waals surface area contributed by atoms with Gasteiger partial charge in [0.1, 0.15) is 64.7 Å². The zero-order valence-corrected chi connectivity index (χ0v) is 42.9. The molecule has 1 saturated heterocycles. The van der Waals surface area contributed by atoms with Gasteiger partial charge in [-0.3, -0.25) is 29.1 Å². The van der Waals surface area contributed by atoms with E-state index in [0.717, 1.165) is 79.6 Å². The number of carbonyl (C=O) groups is 2. The Morgan fingerprint density at radius 3 is 1.68 bits per heavy atom. The van der Waals surface area contributed by atoms with Crippen molar-refractivity contribution in [1.82, 2.24) is 39.5 Å². The molecule has 0 radical (unpaired) electrons. The first kappa shape index (κ1) is 59.5. The summed E-state index contributed by atoms with van der Waals surface area (Å²) in [6.45, 7) is 0.636. The van der Waals surface area contributed by atoms with Gasteiger partial charge in [-0.2, -0.15) is 26.3 Å². The summed E-state index contributed by atoms with van der Waals surface area (Å²) in [6, 6.07) is 18.9. The number of fused-ring (bicyclic) bond motifs is 2. The van der Waals surface area contributed by atoms with Crippen molar-refractivity contribution in [2.24, 2.45) is 4.99 Å². The highest BCUT2D eigenvalue weighted by Gasteiger charge is 2.33. The van der Waals surface area contributed by atoms with Crippen LogP contribution >= 0.6 is 12.4 Å². The van der Waals surface area contributed by atoms with Gasteiger partial charge in [0.2, 0.25) is 0 Å². The van der Waals surface area contributed by atoms with Crippen LogP contribution in [0.5, 0.6) is 0 Å². The maximum Gasteiger partial charge on any atom is 0.416 e. The SMILES string of the molecule is C.Cl.O=C(Cc1ccc(F)c(Cc2ncccc2-c2ncnc3c2N=CC3)c1F)c1cccc(C(F)(F)F)c1.O=C(Cc1ccc(F)c(Cc2ncccc2-c2ncnc3c2ncn3C2CCCCO2)c1F)c1cccc(C(F)(F)F)c1. The molecule has 9 aromatic rings. The lowest BCUT2D eigenvalue weighted by molar-refractivity contribution is -0.138. The molecule has 12 nitrogen and oxygen atoms in total. The Labute approximate surface area is 467 Å². The lowest BCUT2D eigenvalue weighted by Crippen LogP contribution is -2.17. The number of carbonyl (C=O) groups excluding carboxylic acids is 2. The lowest BCUT2D eigenvalue weighted by atomic mass is 9.96. The summed E-state index contributed by atoms with van der Waals surface area (Å²) in [5, 5.41) is 0. The van der Waals surface area contributed by atoms with Crippen LogP contribution in [0.25, 0.3) is 33.7 Å². The first-order valence-corrected chi connectivity index (χ1v) is 24.8. The third-order valence-corrected chi connectivity index (χ3v) is 13.5. The molecule has 4 aromatic carbocycles. The molecule has 1 fully saturated rings. The maximum atomic E-state index is 15.7. The molecule has 5 aromatic heterocycles. The largest absolute Gasteiger partial charge is 0.416 e. The molecule has 0 spiro atoms. The van der Waals surface area contributed by atoms with E-state index in [0.29, 0.717) is 69.8 Å². The number of Topliss-reactive ketones (excluding diaryl/α,β-unsaturated/α-hetero) is 2. The molecule has 422 valence electrons. The fraction of sp³-hybridized carbons (Fsp3) is 0.220. The molecule has 0 N–H and O–H groups in total. The zero-order valence-electron chi connectivity index (χ0n) is 42.1. The highest BCUT2D eigenvalue weighted by molar-refractivity contribution is 5.98. The molecule has 7 heterocycles. The Bertz CT molecular complexity index is 3870. The quantitative estimate of drug-likeness (QED) is 0.0806. The van der Waals surface area contributed by atoms with E-state index in [1.807, 2.05) is 4.57 Å². The number of aliphatic imine (C=N–C) groups is 1. The van der Waals surface area contributed by atoms with Crippen LogP contribution in [-0.2, 0) is 49.2 Å². The second-order valence-corrected chi connectivity index (χ2v) is 18.6. The summed E-state index contributed by atoms with van der Waals surface area (Å²) in [6.07, 6.45) is 1.35. The van der Waals surface area contributed by atoms with E-state index in [1.165, 1.54) is 37.2 Å². The molecule has 0 saturated carbocycles. The van der Waals surface area contributed by atoms with Crippen molar-refractivity contribution in [1.29, 1.82) is 0 Å². The normalized spacial score (nSPS) is 13.9. The number of hydrogen-bond donors (Lipinski definition) is 0. The number of alkyl halides is 6. The van der Waals surface area contributed by atoms with E-state index in [4.69, 9.17) is 4.74 Å². The van der Waals surface area contributed by atoms with Gasteiger partial charge in [0.25, 0.3) is 0 Å². The minimum absolute atomic E-state index is 0. The van der Waals surface area contributed by atoms with E-state index in [2.05, 4.69) is 39.9 Å². The number of rotatable bonds is 13. The number of pyridine rings is 2. The van der Waals surface area contributed by atoms with Gasteiger partial charge in [0.15, 0.2) is 17.2 Å². The number of nitrogens with zero attached hydrogens (tertiary/aromatic N) is 9. The van der Waals surface area contributed by atoms with Crippen molar-refractivity contribution in [2.45, 2.75) is 77.4 Å². The Hall–Kier alpha value is -8.63. The van der Waals surface area contributed by atoms with E-state index in [-0.39, 0.29) is 72.3 Å². The van der Waals surface area contributed by atoms with Gasteiger partial charge in [0, 0.05) is 90.7 Å². The molecule has 2 aliphatic rings. The molecule has 0 aliphatic carbocycles. The van der Waals surface area contributed by atoms with Crippen LogP contribution < -0.4 is 0 Å². The highest BCUT2D eigenvalue weighted by Crippen LogP contribution is 2.37. The summed E-state index contributed by atoms with van der Waals surface area (Å²) < 4.78 is 147. The van der Waals surface area contributed by atoms with Gasteiger partial charge in [-0.15, -0.1) is 12.4 Å². The van der Waals surface area contributed by atoms with Gasteiger partial charge in [-0.25, -0.2) is 42.5 Å². The van der Waals surface area contributed by atoms with Crippen LogP contribution in [-0.4, -0.2) is 63.8 Å². The summed E-state index contributed by atoms with van der Waals surface area (Å²) in [7, 11) is 0. The molecular weight excluding hydrogens is 1110 g/mol. The highest BCUT2D eigenvalue weighted by atomic mass is 35.5. The fourth-order valence-corrected chi connectivity index (χ4v) is 9.42. The number of benzene rings is 4. The monoisotopic (exact) mass is 1150 g/mol. The number of ether oxygens (including phenoxy) is 1. The lowest BCUT2D eigenvalue weighted by Gasteiger charge is -2.23. The third kappa shape index (κ3) is 12.8. The van der Waals surface area contributed by atoms with E-state index < -0.39 is 71.2 Å². The minimum Gasteiger partial charge on any atom is -0.358 e.